The maximum atomic E-state index is 12.0. The second-order valence-corrected chi connectivity index (χ2v) is 6.31. The Morgan fingerprint density at radius 2 is 1.81 bits per heavy atom. The molecular weight excluding hydrogens is 292 g/mol. The average molecular weight is 306 g/mol. The normalized spacial score (nSPS) is 11.0. The third kappa shape index (κ3) is 3.76. The fourth-order valence-electron chi connectivity index (χ4n) is 1.58. The van der Waals surface area contributed by atoms with E-state index in [0.717, 1.165) is 6.26 Å². The van der Waals surface area contributed by atoms with E-state index >= 15 is 0 Å². The van der Waals surface area contributed by atoms with E-state index < -0.39 is 15.7 Å². The van der Waals surface area contributed by atoms with Crippen LogP contribution < -0.4 is 10.6 Å². The Hall–Kier alpha value is -2.48. The van der Waals surface area contributed by atoms with Gasteiger partial charge < -0.3 is 10.6 Å². The molecule has 1 aromatic heterocycles. The van der Waals surface area contributed by atoms with Crippen molar-refractivity contribution in [3.63, 3.8) is 0 Å². The van der Waals surface area contributed by atoms with Crippen LogP contribution in [0.2, 0.25) is 0 Å². The molecule has 0 saturated carbocycles. The van der Waals surface area contributed by atoms with Crippen LogP contribution in [0.25, 0.3) is 0 Å². The molecule has 0 unspecified atom stereocenters. The number of anilines is 2. The molecule has 1 aromatic carbocycles. The van der Waals surface area contributed by atoms with Crippen LogP contribution in [0.1, 0.15) is 10.5 Å². The average Bonchev–Trinajstić information content (AvgIpc) is 2.47. The van der Waals surface area contributed by atoms with Gasteiger partial charge in [0.15, 0.2) is 9.84 Å². The fourth-order valence-corrected chi connectivity index (χ4v) is 2.21. The van der Waals surface area contributed by atoms with Crippen LogP contribution in [-0.2, 0) is 9.84 Å². The highest BCUT2D eigenvalue weighted by Crippen LogP contribution is 2.14. The fraction of sp³-hybridized carbons (Fsp3) is 0.154. The van der Waals surface area contributed by atoms with Crippen LogP contribution in [0.4, 0.5) is 11.5 Å². The number of hydrogen-bond donors (Lipinski definition) is 2. The molecule has 0 radical (unpaired) electrons. The highest BCUT2D eigenvalue weighted by Gasteiger charge is 2.10. The van der Waals surface area contributed by atoms with Crippen molar-refractivity contribution in [2.45, 2.75) is 4.90 Å². The minimum atomic E-state index is -3.25. The van der Waals surface area contributed by atoms with Crippen LogP contribution in [0, 0.1) is 0 Å². The Morgan fingerprint density at radius 1 is 1.14 bits per heavy atom. The topological polar surface area (TPSA) is 101 Å². The molecule has 2 aromatic rings. The second-order valence-electron chi connectivity index (χ2n) is 4.29. The van der Waals surface area contributed by atoms with Gasteiger partial charge in [-0.25, -0.2) is 13.4 Å². The quantitative estimate of drug-likeness (QED) is 0.879. The van der Waals surface area contributed by atoms with Crippen LogP contribution in [-0.4, -0.2) is 37.6 Å². The third-order valence-corrected chi connectivity index (χ3v) is 3.79. The standard InChI is InChI=1S/C13H14N4O3S/c1-14-12-8-15-7-11(17-12)13(18)16-9-3-5-10(6-4-9)21(2,19)20/h3-8H,1-2H3,(H,14,17)(H,16,18). The van der Waals surface area contributed by atoms with Crippen molar-refractivity contribution < 1.29 is 13.2 Å². The molecule has 2 rings (SSSR count). The Balaban J connectivity index is 2.16. The van der Waals surface area contributed by atoms with Crippen molar-refractivity contribution in [3.05, 3.63) is 42.4 Å². The van der Waals surface area contributed by atoms with Crippen molar-refractivity contribution in [2.24, 2.45) is 0 Å². The summed E-state index contributed by atoms with van der Waals surface area (Å²) in [5, 5.41) is 5.41. The van der Waals surface area contributed by atoms with Gasteiger partial charge in [0, 0.05) is 19.0 Å². The number of rotatable bonds is 4. The zero-order valence-electron chi connectivity index (χ0n) is 11.5. The molecule has 1 amide bonds. The van der Waals surface area contributed by atoms with Crippen LogP contribution in [0.3, 0.4) is 0 Å². The molecule has 0 saturated heterocycles. The van der Waals surface area contributed by atoms with Gasteiger partial charge in [-0.05, 0) is 24.3 Å². The monoisotopic (exact) mass is 306 g/mol. The van der Waals surface area contributed by atoms with Crippen molar-refractivity contribution >= 4 is 27.2 Å². The summed E-state index contributed by atoms with van der Waals surface area (Å²) in [4.78, 5) is 20.2. The number of amides is 1. The summed E-state index contributed by atoms with van der Waals surface area (Å²) < 4.78 is 22.7. The van der Waals surface area contributed by atoms with Gasteiger partial charge in [-0.2, -0.15) is 0 Å². The van der Waals surface area contributed by atoms with E-state index in [1.54, 1.807) is 7.05 Å². The number of nitrogens with zero attached hydrogens (tertiary/aromatic N) is 2. The van der Waals surface area contributed by atoms with E-state index in [4.69, 9.17) is 0 Å². The molecule has 110 valence electrons. The molecule has 21 heavy (non-hydrogen) atoms. The number of benzene rings is 1. The lowest BCUT2D eigenvalue weighted by atomic mass is 10.3. The summed E-state index contributed by atoms with van der Waals surface area (Å²) in [5.41, 5.74) is 0.637. The van der Waals surface area contributed by atoms with Gasteiger partial charge in [-0.15, -0.1) is 0 Å². The van der Waals surface area contributed by atoms with E-state index in [1.165, 1.54) is 36.7 Å². The van der Waals surface area contributed by atoms with Gasteiger partial charge in [0.1, 0.15) is 11.5 Å². The molecule has 0 aliphatic heterocycles. The van der Waals surface area contributed by atoms with Crippen molar-refractivity contribution in [2.75, 3.05) is 23.9 Å². The Labute approximate surface area is 122 Å². The molecule has 2 N–H and O–H groups in total. The summed E-state index contributed by atoms with van der Waals surface area (Å²) >= 11 is 0. The lowest BCUT2D eigenvalue weighted by Gasteiger charge is -2.06. The number of aromatic nitrogens is 2. The number of carbonyl (C=O) groups is 1. The molecule has 0 aliphatic rings. The van der Waals surface area contributed by atoms with E-state index in [0.29, 0.717) is 11.5 Å². The Kier molecular flexibility index (Phi) is 4.18. The summed E-state index contributed by atoms with van der Waals surface area (Å²) in [6.07, 6.45) is 3.97. The van der Waals surface area contributed by atoms with Gasteiger partial charge in [0.05, 0.1) is 17.3 Å². The molecule has 7 nitrogen and oxygen atoms in total. The van der Waals surface area contributed by atoms with Crippen LogP contribution in [0.15, 0.2) is 41.6 Å². The molecule has 1 heterocycles. The number of hydrogen-bond acceptors (Lipinski definition) is 6. The molecule has 8 heteroatoms. The number of carbonyl (C=O) groups excluding carboxylic acids is 1. The van der Waals surface area contributed by atoms with E-state index in [-0.39, 0.29) is 10.6 Å². The maximum Gasteiger partial charge on any atom is 0.275 e. The second kappa shape index (κ2) is 5.88. The summed E-state index contributed by atoms with van der Waals surface area (Å²) in [6.45, 7) is 0. The molecule has 0 atom stereocenters. The first-order chi connectivity index (χ1) is 9.90. The van der Waals surface area contributed by atoms with Crippen molar-refractivity contribution in [3.8, 4) is 0 Å². The first-order valence-corrected chi connectivity index (χ1v) is 7.90. The zero-order chi connectivity index (χ0) is 15.5. The lowest BCUT2D eigenvalue weighted by molar-refractivity contribution is 0.102. The summed E-state index contributed by atoms with van der Waals surface area (Å²) in [6, 6.07) is 5.90. The Bertz CT molecular complexity index is 757. The SMILES string of the molecule is CNc1cncc(C(=O)Nc2ccc(S(C)(=O)=O)cc2)n1. The zero-order valence-corrected chi connectivity index (χ0v) is 12.3. The first kappa shape index (κ1) is 14.9. The van der Waals surface area contributed by atoms with Crippen molar-refractivity contribution in [1.29, 1.82) is 0 Å². The van der Waals surface area contributed by atoms with Gasteiger partial charge >= 0.3 is 0 Å². The summed E-state index contributed by atoms with van der Waals surface area (Å²) in [5.74, 6) is 0.0572. The predicted molar refractivity (Wildman–Crippen MR) is 79.1 cm³/mol. The van der Waals surface area contributed by atoms with Crippen LogP contribution >= 0.6 is 0 Å². The minimum Gasteiger partial charge on any atom is -0.372 e. The molecule has 0 aliphatic carbocycles. The third-order valence-electron chi connectivity index (χ3n) is 2.66. The molecule has 0 bridgehead atoms. The highest BCUT2D eigenvalue weighted by molar-refractivity contribution is 7.90. The first-order valence-electron chi connectivity index (χ1n) is 6.01. The van der Waals surface area contributed by atoms with E-state index in [1.807, 2.05) is 0 Å². The van der Waals surface area contributed by atoms with Gasteiger partial charge in [0.2, 0.25) is 0 Å². The smallest absolute Gasteiger partial charge is 0.275 e. The number of sulfone groups is 1. The van der Waals surface area contributed by atoms with Crippen LogP contribution in [0.5, 0.6) is 0 Å². The number of nitrogens with one attached hydrogen (secondary N) is 2. The summed E-state index contributed by atoms with van der Waals surface area (Å²) in [7, 11) is -1.58. The minimum absolute atomic E-state index is 0.161. The van der Waals surface area contributed by atoms with Gasteiger partial charge in [0.25, 0.3) is 5.91 Å². The molecule has 0 spiro atoms. The highest BCUT2D eigenvalue weighted by atomic mass is 32.2. The molecular formula is C13H14N4O3S. The molecule has 0 fully saturated rings. The van der Waals surface area contributed by atoms with E-state index in [9.17, 15) is 13.2 Å². The van der Waals surface area contributed by atoms with Gasteiger partial charge in [-0.3, -0.25) is 9.78 Å². The van der Waals surface area contributed by atoms with Gasteiger partial charge in [-0.1, -0.05) is 0 Å². The van der Waals surface area contributed by atoms with E-state index in [2.05, 4.69) is 20.6 Å². The largest absolute Gasteiger partial charge is 0.372 e. The lowest BCUT2D eigenvalue weighted by Crippen LogP contribution is -2.14. The Morgan fingerprint density at radius 3 is 2.38 bits per heavy atom. The predicted octanol–water partition coefficient (Wildman–Crippen LogP) is 1.17. The maximum absolute atomic E-state index is 12.0. The van der Waals surface area contributed by atoms with Crippen molar-refractivity contribution in [1.82, 2.24) is 9.97 Å².